The molecule has 1 aromatic heterocycles. The van der Waals surface area contributed by atoms with E-state index in [1.54, 1.807) is 0 Å². The zero-order chi connectivity index (χ0) is 21.5. The molecule has 2 fully saturated rings. The smallest absolute Gasteiger partial charge is 0.225 e. The van der Waals surface area contributed by atoms with Gasteiger partial charge in [0.2, 0.25) is 5.91 Å². The number of likely N-dealkylation sites (tertiary alicyclic amines) is 1. The molecule has 8 nitrogen and oxygen atoms in total. The van der Waals surface area contributed by atoms with E-state index in [1.807, 2.05) is 0 Å². The number of amides is 1. The lowest BCUT2D eigenvalue weighted by atomic mass is 10.1. The number of carbonyl (C=O) groups is 1. The van der Waals surface area contributed by atoms with Crippen molar-refractivity contribution in [1.82, 2.24) is 30.3 Å². The second-order valence-electron chi connectivity index (χ2n) is 9.25. The topological polar surface area (TPSA) is 87.4 Å². The summed E-state index contributed by atoms with van der Waals surface area (Å²) in [5, 5.41) is 15.7. The van der Waals surface area contributed by atoms with Crippen molar-refractivity contribution in [3.8, 4) is 0 Å². The fraction of sp³-hybridized carbons (Fsp3) is 0.826. The summed E-state index contributed by atoms with van der Waals surface area (Å²) in [4.78, 5) is 19.5. The van der Waals surface area contributed by atoms with Crippen LogP contribution >= 0.6 is 24.0 Å². The number of hydrogen-bond donors (Lipinski definition) is 2. The zero-order valence-electron chi connectivity index (χ0n) is 19.5. The van der Waals surface area contributed by atoms with Crippen LogP contribution in [-0.4, -0.2) is 63.8 Å². The van der Waals surface area contributed by atoms with E-state index in [1.165, 1.54) is 32.1 Å². The first kappa shape index (κ1) is 25.2. The molecule has 1 aromatic rings. The van der Waals surface area contributed by atoms with Crippen molar-refractivity contribution in [1.29, 1.82) is 0 Å². The van der Waals surface area contributed by atoms with Gasteiger partial charge in [0, 0.05) is 57.5 Å². The van der Waals surface area contributed by atoms with E-state index in [0.717, 1.165) is 88.9 Å². The van der Waals surface area contributed by atoms with E-state index in [9.17, 15) is 4.79 Å². The van der Waals surface area contributed by atoms with Crippen LogP contribution in [0.25, 0.3) is 0 Å². The highest BCUT2D eigenvalue weighted by atomic mass is 127. The highest BCUT2D eigenvalue weighted by molar-refractivity contribution is 14.0. The molecule has 1 unspecified atom stereocenters. The van der Waals surface area contributed by atoms with Gasteiger partial charge in [0.05, 0.1) is 0 Å². The van der Waals surface area contributed by atoms with Crippen molar-refractivity contribution in [2.24, 2.45) is 10.9 Å². The van der Waals surface area contributed by atoms with E-state index >= 15 is 0 Å². The molecule has 0 spiro atoms. The van der Waals surface area contributed by atoms with Gasteiger partial charge in [-0.05, 0) is 45.4 Å². The standard InChI is InChI=1S/C23H39N7O.HI/c1-2-24-23(26-19-13-16-29(17-19)22(31)18-9-5-6-10-18)25-14-8-12-21-28-27-20-11-4-3-7-15-30(20)21;/h18-19H,2-17H2,1H3,(H2,24,25,26);1H. The summed E-state index contributed by atoms with van der Waals surface area (Å²) in [5.41, 5.74) is 0. The summed E-state index contributed by atoms with van der Waals surface area (Å²) in [6.45, 7) is 6.40. The van der Waals surface area contributed by atoms with Crippen LogP contribution in [0, 0.1) is 5.92 Å². The molecule has 9 heteroatoms. The Morgan fingerprint density at radius 2 is 1.94 bits per heavy atom. The number of aryl methyl sites for hydroxylation is 2. The number of nitrogens with one attached hydrogen (secondary N) is 2. The van der Waals surface area contributed by atoms with Crippen molar-refractivity contribution >= 4 is 35.8 Å². The fourth-order valence-corrected chi connectivity index (χ4v) is 5.18. The van der Waals surface area contributed by atoms with Gasteiger partial charge in [-0.1, -0.05) is 19.3 Å². The number of fused-ring (bicyclic) bond motifs is 1. The SMILES string of the molecule is CCNC(=NCCCc1nnc2n1CCCCC2)NC1CCN(C(=O)C2CCCC2)C1.I. The van der Waals surface area contributed by atoms with Crippen LogP contribution in [0.15, 0.2) is 4.99 Å². The van der Waals surface area contributed by atoms with Gasteiger partial charge < -0.3 is 20.1 Å². The molecular formula is C23H40IN7O. The molecule has 1 aliphatic carbocycles. The van der Waals surface area contributed by atoms with Crippen molar-refractivity contribution in [3.63, 3.8) is 0 Å². The number of halogens is 1. The highest BCUT2D eigenvalue weighted by Gasteiger charge is 2.32. The number of rotatable bonds is 7. The third-order valence-electron chi connectivity index (χ3n) is 6.90. The van der Waals surface area contributed by atoms with E-state index in [4.69, 9.17) is 4.99 Å². The van der Waals surface area contributed by atoms with Crippen LogP contribution in [0.3, 0.4) is 0 Å². The molecule has 1 saturated heterocycles. The molecule has 32 heavy (non-hydrogen) atoms. The molecule has 3 aliphatic rings. The maximum absolute atomic E-state index is 12.7. The lowest BCUT2D eigenvalue weighted by molar-refractivity contribution is -0.134. The third kappa shape index (κ3) is 6.57. The Labute approximate surface area is 209 Å². The lowest BCUT2D eigenvalue weighted by Crippen LogP contribution is -2.45. The minimum absolute atomic E-state index is 0. The molecule has 4 rings (SSSR count). The molecule has 2 aliphatic heterocycles. The fourth-order valence-electron chi connectivity index (χ4n) is 5.18. The molecule has 3 heterocycles. The largest absolute Gasteiger partial charge is 0.357 e. The summed E-state index contributed by atoms with van der Waals surface area (Å²) >= 11 is 0. The summed E-state index contributed by atoms with van der Waals surface area (Å²) in [5.74, 6) is 3.78. The van der Waals surface area contributed by atoms with E-state index in [0.29, 0.717) is 5.91 Å². The van der Waals surface area contributed by atoms with Crippen molar-refractivity contribution in [2.45, 2.75) is 90.1 Å². The summed E-state index contributed by atoms with van der Waals surface area (Å²) in [6.07, 6.45) is 12.2. The zero-order valence-corrected chi connectivity index (χ0v) is 21.9. The van der Waals surface area contributed by atoms with Gasteiger partial charge in [-0.15, -0.1) is 34.2 Å². The van der Waals surface area contributed by atoms with Gasteiger partial charge in [-0.3, -0.25) is 9.79 Å². The Morgan fingerprint density at radius 3 is 2.75 bits per heavy atom. The number of carbonyl (C=O) groups excluding carboxylic acids is 1. The average molecular weight is 558 g/mol. The van der Waals surface area contributed by atoms with Gasteiger partial charge in [0.15, 0.2) is 5.96 Å². The predicted octanol–water partition coefficient (Wildman–Crippen LogP) is 2.90. The van der Waals surface area contributed by atoms with Gasteiger partial charge >= 0.3 is 0 Å². The van der Waals surface area contributed by atoms with Crippen LogP contribution in [0.1, 0.15) is 76.4 Å². The molecule has 1 atom stereocenters. The molecule has 180 valence electrons. The Bertz CT molecular complexity index is 760. The Hall–Kier alpha value is -1.39. The maximum atomic E-state index is 12.7. The van der Waals surface area contributed by atoms with E-state index < -0.39 is 0 Å². The minimum Gasteiger partial charge on any atom is -0.357 e. The third-order valence-corrected chi connectivity index (χ3v) is 6.90. The minimum atomic E-state index is 0. The average Bonchev–Trinajstić information content (AvgIpc) is 3.51. The quantitative estimate of drug-likeness (QED) is 0.233. The number of nitrogens with zero attached hydrogens (tertiary/aromatic N) is 5. The monoisotopic (exact) mass is 557 g/mol. The highest BCUT2D eigenvalue weighted by Crippen LogP contribution is 2.27. The Balaban J connectivity index is 0.00000289. The molecule has 2 N–H and O–H groups in total. The number of guanidine groups is 1. The Morgan fingerprint density at radius 1 is 1.09 bits per heavy atom. The Kier molecular flexibility index (Phi) is 10.1. The van der Waals surface area contributed by atoms with E-state index in [2.05, 4.69) is 37.2 Å². The number of hydrogen-bond acceptors (Lipinski definition) is 4. The van der Waals surface area contributed by atoms with Crippen LogP contribution in [-0.2, 0) is 24.2 Å². The van der Waals surface area contributed by atoms with Crippen molar-refractivity contribution in [2.75, 3.05) is 26.2 Å². The molecular weight excluding hydrogens is 517 g/mol. The van der Waals surface area contributed by atoms with E-state index in [-0.39, 0.29) is 35.9 Å². The van der Waals surface area contributed by atoms with Crippen molar-refractivity contribution in [3.05, 3.63) is 11.6 Å². The van der Waals surface area contributed by atoms with Crippen LogP contribution in [0.4, 0.5) is 0 Å². The number of aliphatic imine (C=N–C) groups is 1. The molecule has 0 radical (unpaired) electrons. The number of aromatic nitrogens is 3. The second kappa shape index (κ2) is 12.7. The maximum Gasteiger partial charge on any atom is 0.225 e. The summed E-state index contributed by atoms with van der Waals surface area (Å²) in [6, 6.07) is 0.287. The van der Waals surface area contributed by atoms with Gasteiger partial charge in [-0.2, -0.15) is 0 Å². The lowest BCUT2D eigenvalue weighted by Gasteiger charge is -2.21. The summed E-state index contributed by atoms with van der Waals surface area (Å²) < 4.78 is 2.33. The van der Waals surface area contributed by atoms with Gasteiger partial charge in [0.25, 0.3) is 0 Å². The van der Waals surface area contributed by atoms with Crippen LogP contribution in [0.5, 0.6) is 0 Å². The predicted molar refractivity (Wildman–Crippen MR) is 137 cm³/mol. The van der Waals surface area contributed by atoms with Crippen LogP contribution in [0.2, 0.25) is 0 Å². The molecule has 1 amide bonds. The normalized spacial score (nSPS) is 21.7. The first-order chi connectivity index (χ1) is 15.2. The summed E-state index contributed by atoms with van der Waals surface area (Å²) in [7, 11) is 0. The second-order valence-corrected chi connectivity index (χ2v) is 9.25. The molecule has 1 saturated carbocycles. The van der Waals surface area contributed by atoms with Gasteiger partial charge in [0.1, 0.15) is 11.6 Å². The first-order valence-corrected chi connectivity index (χ1v) is 12.5. The van der Waals surface area contributed by atoms with Gasteiger partial charge in [-0.25, -0.2) is 0 Å². The molecule has 0 bridgehead atoms. The van der Waals surface area contributed by atoms with Crippen molar-refractivity contribution < 1.29 is 4.79 Å². The van der Waals surface area contributed by atoms with Crippen LogP contribution < -0.4 is 10.6 Å². The molecule has 0 aromatic carbocycles. The first-order valence-electron chi connectivity index (χ1n) is 12.5.